The van der Waals surface area contributed by atoms with Crippen molar-refractivity contribution in [3.05, 3.63) is 211 Å². The van der Waals surface area contributed by atoms with Gasteiger partial charge in [0.25, 0.3) is 0 Å². The van der Waals surface area contributed by atoms with Crippen molar-refractivity contribution in [2.45, 2.75) is 51.6 Å². The Balaban J connectivity index is 1.14. The molecule has 64 heavy (non-hydrogen) atoms. The average molecular weight is 829 g/mol. The first-order valence-electron chi connectivity index (χ1n) is 22.6. The van der Waals surface area contributed by atoms with E-state index in [-0.39, 0.29) is 12.0 Å². The Morgan fingerprint density at radius 2 is 0.922 bits per heavy atom. The van der Waals surface area contributed by atoms with Gasteiger partial charge in [-0.25, -0.2) is 0 Å². The van der Waals surface area contributed by atoms with Crippen LogP contribution in [-0.2, 0) is 0 Å². The van der Waals surface area contributed by atoms with Crippen molar-refractivity contribution in [2.24, 2.45) is 0 Å². The Labute approximate surface area is 373 Å². The lowest BCUT2D eigenvalue weighted by molar-refractivity contribution is 0.269. The highest BCUT2D eigenvalue weighted by molar-refractivity contribution is 6.25. The summed E-state index contributed by atoms with van der Waals surface area (Å²) in [4.78, 5) is 4.85. The molecule has 0 bridgehead atoms. The number of nitrogens with zero attached hydrogens (tertiary/aromatic N) is 2. The molecule has 2 atom stereocenters. The highest BCUT2D eigenvalue weighted by atomic mass is 16.5. The minimum atomic E-state index is -0.0306. The number of para-hydroxylation sites is 3. The fourth-order valence-corrected chi connectivity index (χ4v) is 10.2. The van der Waals surface area contributed by atoms with Gasteiger partial charge < -0.3 is 19.0 Å². The normalized spacial score (nSPS) is 15.5. The van der Waals surface area contributed by atoms with E-state index in [0.717, 1.165) is 72.6 Å². The zero-order valence-electron chi connectivity index (χ0n) is 36.5. The Morgan fingerprint density at radius 3 is 1.53 bits per heavy atom. The second kappa shape index (κ2) is 15.1. The monoisotopic (exact) mass is 828 g/mol. The largest absolute Gasteiger partial charge is 0.483 e. The molecule has 9 aromatic carbocycles. The molecule has 1 aromatic heterocycles. The summed E-state index contributed by atoms with van der Waals surface area (Å²) in [5.41, 5.74) is 11.9. The molecule has 0 saturated carbocycles. The number of anilines is 6. The van der Waals surface area contributed by atoms with E-state index in [2.05, 4.69) is 226 Å². The van der Waals surface area contributed by atoms with E-state index in [9.17, 15) is 0 Å². The highest BCUT2D eigenvalue weighted by Crippen LogP contribution is 2.53. The van der Waals surface area contributed by atoms with Gasteiger partial charge in [-0.1, -0.05) is 161 Å². The summed E-state index contributed by atoms with van der Waals surface area (Å²) >= 11 is 0. The third-order valence-corrected chi connectivity index (χ3v) is 13.5. The second-order valence-corrected chi connectivity index (χ2v) is 18.0. The number of hydrogen-bond donors (Lipinski definition) is 0. The molecule has 4 nitrogen and oxygen atoms in total. The van der Waals surface area contributed by atoms with Crippen LogP contribution < -0.4 is 14.5 Å². The van der Waals surface area contributed by atoms with Crippen molar-refractivity contribution in [2.75, 3.05) is 9.80 Å². The molecule has 10 aromatic rings. The molecule has 1 aliphatic heterocycles. The van der Waals surface area contributed by atoms with Crippen LogP contribution in [0.3, 0.4) is 0 Å². The lowest BCUT2D eigenvalue weighted by Gasteiger charge is -2.30. The summed E-state index contributed by atoms with van der Waals surface area (Å²) in [5.74, 6) is 1.94. The number of rotatable bonds is 8. The summed E-state index contributed by atoms with van der Waals surface area (Å²) in [5, 5.41) is 9.23. The lowest BCUT2D eigenvalue weighted by atomic mass is 9.91. The highest BCUT2D eigenvalue weighted by Gasteiger charge is 2.36. The van der Waals surface area contributed by atoms with Crippen LogP contribution in [0.1, 0.15) is 62.1 Å². The van der Waals surface area contributed by atoms with Crippen molar-refractivity contribution in [1.29, 1.82) is 0 Å². The third kappa shape index (κ3) is 6.04. The zero-order valence-corrected chi connectivity index (χ0v) is 36.5. The Hall–Kier alpha value is -7.56. The predicted molar refractivity (Wildman–Crippen MR) is 269 cm³/mol. The van der Waals surface area contributed by atoms with E-state index in [1.807, 2.05) is 6.07 Å². The van der Waals surface area contributed by atoms with Crippen LogP contribution in [-0.4, -0.2) is 6.10 Å². The number of ether oxygens (including phenoxy) is 1. The van der Waals surface area contributed by atoms with E-state index in [1.165, 1.54) is 38.2 Å². The summed E-state index contributed by atoms with van der Waals surface area (Å²) in [6.07, 6.45) is 8.67. The molecular formula is C60H48N2O2. The van der Waals surface area contributed by atoms with Gasteiger partial charge in [-0.05, 0) is 105 Å². The maximum absolute atomic E-state index is 6.90. The van der Waals surface area contributed by atoms with Crippen molar-refractivity contribution < 1.29 is 9.15 Å². The van der Waals surface area contributed by atoms with Crippen molar-refractivity contribution in [3.63, 3.8) is 0 Å². The van der Waals surface area contributed by atoms with Crippen molar-refractivity contribution in [1.82, 2.24) is 0 Å². The van der Waals surface area contributed by atoms with Gasteiger partial charge in [0.15, 0.2) is 5.58 Å². The van der Waals surface area contributed by atoms with Crippen LogP contribution >= 0.6 is 0 Å². The van der Waals surface area contributed by atoms with Gasteiger partial charge in [0, 0.05) is 44.4 Å². The lowest BCUT2D eigenvalue weighted by Crippen LogP contribution is -2.16. The summed E-state index contributed by atoms with van der Waals surface area (Å²) in [7, 11) is 0. The molecule has 0 amide bonds. The third-order valence-electron chi connectivity index (χ3n) is 13.5. The maximum Gasteiger partial charge on any atom is 0.159 e. The van der Waals surface area contributed by atoms with E-state index in [1.54, 1.807) is 0 Å². The van der Waals surface area contributed by atoms with E-state index < -0.39 is 0 Å². The molecule has 0 radical (unpaired) electrons. The minimum Gasteiger partial charge on any atom is -0.483 e. The molecule has 0 saturated heterocycles. The molecule has 2 aliphatic rings. The number of furan rings is 1. The van der Waals surface area contributed by atoms with Gasteiger partial charge in [0.2, 0.25) is 0 Å². The topological polar surface area (TPSA) is 28.9 Å². The molecule has 2 unspecified atom stereocenters. The van der Waals surface area contributed by atoms with Crippen LogP contribution in [0.15, 0.2) is 199 Å². The minimum absolute atomic E-state index is 0.0306. The number of hydrogen-bond acceptors (Lipinski definition) is 4. The van der Waals surface area contributed by atoms with Crippen molar-refractivity contribution >= 4 is 88.4 Å². The summed E-state index contributed by atoms with van der Waals surface area (Å²) in [6, 6.07) is 62.3. The second-order valence-electron chi connectivity index (χ2n) is 18.0. The molecule has 1 aliphatic carbocycles. The van der Waals surface area contributed by atoms with Gasteiger partial charge in [0.1, 0.15) is 17.4 Å². The Kier molecular flexibility index (Phi) is 8.98. The van der Waals surface area contributed by atoms with Gasteiger partial charge in [0.05, 0.1) is 22.7 Å². The average Bonchev–Trinajstić information content (AvgIpc) is 3.92. The molecule has 0 N–H and O–H groups in total. The van der Waals surface area contributed by atoms with Gasteiger partial charge in [-0.15, -0.1) is 0 Å². The molecular weight excluding hydrogens is 781 g/mol. The predicted octanol–water partition coefficient (Wildman–Crippen LogP) is 17.2. The quantitative estimate of drug-likeness (QED) is 0.143. The molecule has 2 heterocycles. The van der Waals surface area contributed by atoms with Crippen LogP contribution in [0.4, 0.5) is 34.1 Å². The standard InChI is InChI=1S/C60H48N2O2/c1-37(2)39-27-31-41(32-28-39)61(53-23-13-21-49-47-19-9-11-25-57(47)63-59(49)53)55-35-51-44-16-6-8-18-46(44)56(36-52(51)43-15-5-7-17-45(43)55)62(42-33-29-40(30-34-42)38(3)4)54-24-14-22-50-48-20-10-12-26-58(48)64-60(50)54/h5-38,47,57H,1-4H3. The first-order chi connectivity index (χ1) is 31.4. The first kappa shape index (κ1) is 38.1. The van der Waals surface area contributed by atoms with E-state index in [4.69, 9.17) is 9.15 Å². The Bertz CT molecular complexity index is 3500. The van der Waals surface area contributed by atoms with Gasteiger partial charge in [-0.3, -0.25) is 0 Å². The van der Waals surface area contributed by atoms with Crippen LogP contribution in [0.2, 0.25) is 0 Å². The molecule has 0 spiro atoms. The zero-order chi connectivity index (χ0) is 43.1. The molecule has 12 rings (SSSR count). The molecule has 0 fully saturated rings. The summed E-state index contributed by atoms with van der Waals surface area (Å²) in [6.45, 7) is 9.00. The van der Waals surface area contributed by atoms with Crippen LogP contribution in [0, 0.1) is 0 Å². The molecule has 310 valence electrons. The van der Waals surface area contributed by atoms with Crippen LogP contribution in [0.5, 0.6) is 5.75 Å². The van der Waals surface area contributed by atoms with Gasteiger partial charge in [-0.2, -0.15) is 0 Å². The Morgan fingerprint density at radius 1 is 0.422 bits per heavy atom. The number of benzene rings is 9. The number of allylic oxidation sites excluding steroid dienone is 2. The SMILES string of the molecule is CC(C)c1ccc(N(c2cccc3c2OC2C=CC=CC32)c2cc3c4ccccc4c(N(c4ccc(C(C)C)cc4)c4cccc5c4oc4ccccc45)cc3c3ccccc23)cc1. The fraction of sp³-hybridized carbons (Fsp3) is 0.133. The smallest absolute Gasteiger partial charge is 0.159 e. The molecule has 4 heteroatoms. The maximum atomic E-state index is 6.90. The number of fused-ring (bicyclic) bond motifs is 11. The van der Waals surface area contributed by atoms with Crippen LogP contribution in [0.25, 0.3) is 54.3 Å². The summed E-state index contributed by atoms with van der Waals surface area (Å²) < 4.78 is 13.7. The van der Waals surface area contributed by atoms with Gasteiger partial charge >= 0.3 is 0 Å². The van der Waals surface area contributed by atoms with E-state index in [0.29, 0.717) is 11.8 Å². The fourth-order valence-electron chi connectivity index (χ4n) is 10.2. The van der Waals surface area contributed by atoms with E-state index >= 15 is 0 Å². The first-order valence-corrected chi connectivity index (χ1v) is 22.6. The van der Waals surface area contributed by atoms with Crippen molar-refractivity contribution in [3.8, 4) is 5.75 Å².